The van der Waals surface area contributed by atoms with E-state index < -0.39 is 49.3 Å². The maximum Gasteiger partial charge on any atom is 0.401 e. The van der Waals surface area contributed by atoms with E-state index in [0.717, 1.165) is 9.80 Å². The van der Waals surface area contributed by atoms with Crippen molar-refractivity contribution < 1.29 is 27.6 Å². The van der Waals surface area contributed by atoms with Gasteiger partial charge in [-0.25, -0.2) is 9.69 Å². The van der Waals surface area contributed by atoms with E-state index in [9.17, 15) is 27.6 Å². The average Bonchev–Trinajstić information content (AvgIpc) is 2.99. The van der Waals surface area contributed by atoms with Crippen molar-refractivity contribution in [1.82, 2.24) is 20.0 Å². The third-order valence-electron chi connectivity index (χ3n) is 5.12. The van der Waals surface area contributed by atoms with Crippen LogP contribution in [0.2, 0.25) is 0 Å². The Morgan fingerprint density at radius 2 is 1.47 bits per heavy atom. The minimum Gasteiger partial charge on any atom is -0.348 e. The highest BCUT2D eigenvalue weighted by Gasteiger charge is 2.54. The van der Waals surface area contributed by atoms with Crippen molar-refractivity contribution in [2.24, 2.45) is 0 Å². The van der Waals surface area contributed by atoms with Gasteiger partial charge in [-0.15, -0.1) is 0 Å². The number of urea groups is 1. The van der Waals surface area contributed by atoms with Crippen LogP contribution < -0.4 is 5.32 Å². The third-order valence-corrected chi connectivity index (χ3v) is 5.12. The molecule has 1 fully saturated rings. The molecule has 3 rings (SSSR count). The predicted octanol–water partition coefficient (Wildman–Crippen LogP) is 2.39. The quantitative estimate of drug-likeness (QED) is 0.661. The molecule has 1 aliphatic heterocycles. The molecule has 2 aromatic rings. The van der Waals surface area contributed by atoms with E-state index in [1.807, 2.05) is 0 Å². The summed E-state index contributed by atoms with van der Waals surface area (Å²) < 4.78 is 39.4. The predicted molar refractivity (Wildman–Crippen MR) is 110 cm³/mol. The lowest BCUT2D eigenvalue weighted by molar-refractivity contribution is -0.156. The zero-order chi connectivity index (χ0) is 23.5. The molecule has 10 heteroatoms. The number of rotatable bonds is 7. The van der Waals surface area contributed by atoms with Gasteiger partial charge in [0.1, 0.15) is 0 Å². The van der Waals surface area contributed by atoms with E-state index in [1.54, 1.807) is 60.7 Å². The van der Waals surface area contributed by atoms with Gasteiger partial charge in [0.05, 0.1) is 19.8 Å². The molecule has 170 valence electrons. The van der Waals surface area contributed by atoms with Crippen LogP contribution in [0.5, 0.6) is 0 Å². The first-order chi connectivity index (χ1) is 15.0. The Morgan fingerprint density at radius 3 is 1.91 bits per heavy atom. The molecule has 32 heavy (non-hydrogen) atoms. The van der Waals surface area contributed by atoms with E-state index in [0.29, 0.717) is 16.0 Å². The number of nitrogens with zero attached hydrogens (tertiary/aromatic N) is 3. The summed E-state index contributed by atoms with van der Waals surface area (Å²) in [4.78, 5) is 41.1. The number of likely N-dealkylation sites (N-methyl/N-ethyl adjacent to an activating group) is 1. The Morgan fingerprint density at radius 1 is 0.969 bits per heavy atom. The zero-order valence-electron chi connectivity index (χ0n) is 17.6. The van der Waals surface area contributed by atoms with Gasteiger partial charge >= 0.3 is 12.2 Å². The lowest BCUT2D eigenvalue weighted by Crippen LogP contribution is -2.49. The van der Waals surface area contributed by atoms with Gasteiger partial charge in [-0.1, -0.05) is 60.7 Å². The highest BCUT2D eigenvalue weighted by molar-refractivity contribution is 6.09. The van der Waals surface area contributed by atoms with Crippen LogP contribution in [-0.2, 0) is 15.1 Å². The molecule has 1 N–H and O–H groups in total. The number of imide groups is 1. The summed E-state index contributed by atoms with van der Waals surface area (Å²) in [6, 6.07) is 16.1. The molecule has 0 bridgehead atoms. The highest BCUT2D eigenvalue weighted by Crippen LogP contribution is 2.36. The van der Waals surface area contributed by atoms with Crippen LogP contribution in [-0.4, -0.2) is 72.6 Å². The zero-order valence-corrected chi connectivity index (χ0v) is 17.6. The van der Waals surface area contributed by atoms with Crippen molar-refractivity contribution in [2.45, 2.75) is 11.7 Å². The van der Waals surface area contributed by atoms with E-state index >= 15 is 0 Å². The van der Waals surface area contributed by atoms with Crippen molar-refractivity contribution in [3.05, 3.63) is 71.8 Å². The third kappa shape index (κ3) is 4.75. The second-order valence-corrected chi connectivity index (χ2v) is 7.68. The van der Waals surface area contributed by atoms with E-state index in [-0.39, 0.29) is 0 Å². The van der Waals surface area contributed by atoms with Crippen LogP contribution in [0.15, 0.2) is 60.7 Å². The standard InChI is InChI=1S/C22H23F3N4O3/c1-27(2)18(30)13-28(14-21(23,24)25)15-29-19(31)22(26-20(29)32,16-9-5-3-6-10-16)17-11-7-4-8-12-17/h3-12H,13-15H2,1-2H3,(H,26,32). The van der Waals surface area contributed by atoms with Crippen molar-refractivity contribution in [3.63, 3.8) is 0 Å². The minimum absolute atomic E-state index is 0.471. The first-order valence-corrected chi connectivity index (χ1v) is 9.79. The number of amides is 4. The number of nitrogens with one attached hydrogen (secondary N) is 1. The Bertz CT molecular complexity index is 941. The van der Waals surface area contributed by atoms with Gasteiger partial charge in [-0.2, -0.15) is 13.2 Å². The lowest BCUT2D eigenvalue weighted by Gasteiger charge is -2.30. The smallest absolute Gasteiger partial charge is 0.348 e. The SMILES string of the molecule is CN(C)C(=O)CN(CN1C(=O)NC(c2ccccc2)(c2ccccc2)C1=O)CC(F)(F)F. The Hall–Kier alpha value is -3.40. The van der Waals surface area contributed by atoms with Crippen LogP contribution in [0.25, 0.3) is 0 Å². The summed E-state index contributed by atoms with van der Waals surface area (Å²) in [5.74, 6) is -1.30. The molecular weight excluding hydrogens is 425 g/mol. The molecule has 1 heterocycles. The van der Waals surface area contributed by atoms with Crippen LogP contribution in [0.4, 0.5) is 18.0 Å². The molecule has 0 aromatic heterocycles. The molecule has 1 aliphatic rings. The Kier molecular flexibility index (Phi) is 6.54. The summed E-state index contributed by atoms with van der Waals surface area (Å²) in [6.07, 6.45) is -4.62. The maximum atomic E-state index is 13.6. The number of benzene rings is 2. The molecular formula is C22H23F3N4O3. The van der Waals surface area contributed by atoms with Crippen LogP contribution in [0, 0.1) is 0 Å². The second kappa shape index (κ2) is 8.99. The molecule has 4 amide bonds. The van der Waals surface area contributed by atoms with Gasteiger partial charge in [0, 0.05) is 14.1 Å². The first-order valence-electron chi connectivity index (χ1n) is 9.79. The molecule has 2 aromatic carbocycles. The van der Waals surface area contributed by atoms with Crippen LogP contribution >= 0.6 is 0 Å². The molecule has 0 unspecified atom stereocenters. The number of alkyl halides is 3. The molecule has 0 radical (unpaired) electrons. The normalized spacial score (nSPS) is 15.8. The second-order valence-electron chi connectivity index (χ2n) is 7.68. The summed E-state index contributed by atoms with van der Waals surface area (Å²) in [6.45, 7) is -2.74. The Balaban J connectivity index is 1.98. The largest absolute Gasteiger partial charge is 0.401 e. The number of carbonyl (C=O) groups excluding carboxylic acids is 3. The molecule has 0 aliphatic carbocycles. The first kappa shape index (κ1) is 23.3. The van der Waals surface area contributed by atoms with Gasteiger partial charge < -0.3 is 10.2 Å². The molecule has 0 atom stereocenters. The fourth-order valence-electron chi connectivity index (χ4n) is 3.58. The fraction of sp³-hybridized carbons (Fsp3) is 0.318. The van der Waals surface area contributed by atoms with Crippen molar-refractivity contribution in [3.8, 4) is 0 Å². The minimum atomic E-state index is -4.62. The van der Waals surface area contributed by atoms with Gasteiger partial charge in [-0.05, 0) is 11.1 Å². The van der Waals surface area contributed by atoms with Crippen molar-refractivity contribution in [2.75, 3.05) is 33.9 Å². The monoisotopic (exact) mass is 448 g/mol. The van der Waals surface area contributed by atoms with Gasteiger partial charge in [-0.3, -0.25) is 14.5 Å². The number of hydrogen-bond donors (Lipinski definition) is 1. The average molecular weight is 448 g/mol. The van der Waals surface area contributed by atoms with Crippen LogP contribution in [0.3, 0.4) is 0 Å². The fourth-order valence-corrected chi connectivity index (χ4v) is 3.58. The summed E-state index contributed by atoms with van der Waals surface area (Å²) >= 11 is 0. The molecule has 0 spiro atoms. The molecule has 1 saturated heterocycles. The number of carbonyl (C=O) groups is 3. The van der Waals surface area contributed by atoms with E-state index in [4.69, 9.17) is 0 Å². The summed E-state index contributed by atoms with van der Waals surface area (Å²) in [7, 11) is 2.83. The van der Waals surface area contributed by atoms with Gasteiger partial charge in [0.2, 0.25) is 5.91 Å². The van der Waals surface area contributed by atoms with Crippen LogP contribution in [0.1, 0.15) is 11.1 Å². The van der Waals surface area contributed by atoms with Gasteiger partial charge in [0.15, 0.2) is 5.54 Å². The van der Waals surface area contributed by atoms with Gasteiger partial charge in [0.25, 0.3) is 5.91 Å². The summed E-state index contributed by atoms with van der Waals surface area (Å²) in [5, 5.41) is 2.68. The van der Waals surface area contributed by atoms with Crippen molar-refractivity contribution in [1.29, 1.82) is 0 Å². The number of halogens is 3. The highest BCUT2D eigenvalue weighted by atomic mass is 19.4. The Labute approximate surface area is 183 Å². The maximum absolute atomic E-state index is 13.6. The summed E-state index contributed by atoms with van der Waals surface area (Å²) in [5.41, 5.74) is -0.646. The lowest BCUT2D eigenvalue weighted by atomic mass is 9.83. The topological polar surface area (TPSA) is 73.0 Å². The van der Waals surface area contributed by atoms with E-state index in [2.05, 4.69) is 5.32 Å². The van der Waals surface area contributed by atoms with Crippen molar-refractivity contribution >= 4 is 17.8 Å². The van der Waals surface area contributed by atoms with E-state index in [1.165, 1.54) is 14.1 Å². The number of hydrogen-bond acceptors (Lipinski definition) is 4. The molecule has 0 saturated carbocycles. The molecule has 7 nitrogen and oxygen atoms in total.